The number of hydrogen-bond donors (Lipinski definition) is 0. The van der Waals surface area contributed by atoms with Crippen LogP contribution in [0.1, 0.15) is 117 Å². The number of carbonyl (C=O) groups is 3. The van der Waals surface area contributed by atoms with Crippen LogP contribution >= 0.6 is 0 Å². The van der Waals surface area contributed by atoms with Crippen LogP contribution in [-0.4, -0.2) is 75.5 Å². The van der Waals surface area contributed by atoms with Crippen LogP contribution in [-0.2, 0) is 28.6 Å². The van der Waals surface area contributed by atoms with Crippen molar-refractivity contribution in [2.75, 3.05) is 41.0 Å². The van der Waals surface area contributed by atoms with Gasteiger partial charge in [0.2, 0.25) is 0 Å². The van der Waals surface area contributed by atoms with Crippen molar-refractivity contribution in [2.45, 2.75) is 129 Å². The third-order valence-corrected chi connectivity index (χ3v) is 8.32. The van der Waals surface area contributed by atoms with Gasteiger partial charge in [-0.3, -0.25) is 9.59 Å². The number of carboxylic acids is 1. The zero-order chi connectivity index (χ0) is 40.7. The molecule has 0 saturated carbocycles. The van der Waals surface area contributed by atoms with Crippen LogP contribution in [0.2, 0.25) is 0 Å². The summed E-state index contributed by atoms with van der Waals surface area (Å²) in [5, 5.41) is 11.6. The fourth-order valence-electron chi connectivity index (χ4n) is 5.17. The van der Waals surface area contributed by atoms with Crippen molar-refractivity contribution in [1.29, 1.82) is 0 Å². The van der Waals surface area contributed by atoms with E-state index in [2.05, 4.69) is 62.5 Å². The molecule has 0 amide bonds. The van der Waals surface area contributed by atoms with E-state index in [1.807, 2.05) is 60.8 Å². The Morgan fingerprint density at radius 1 is 0.564 bits per heavy atom. The highest BCUT2D eigenvalue weighted by Gasteiger charge is 2.25. The fraction of sp³-hybridized carbons (Fsp3) is 0.553. The average molecular weight is 764 g/mol. The molecule has 0 radical (unpaired) electrons. The largest absolute Gasteiger partial charge is 0.544 e. The molecule has 0 aromatic rings. The van der Waals surface area contributed by atoms with Gasteiger partial charge in [0, 0.05) is 19.3 Å². The number of nitrogens with zero attached hydrogens (tertiary/aromatic N) is 1. The summed E-state index contributed by atoms with van der Waals surface area (Å²) in [7, 11) is 5.36. The summed E-state index contributed by atoms with van der Waals surface area (Å²) in [5.41, 5.74) is 0. The molecule has 0 aromatic heterocycles. The van der Waals surface area contributed by atoms with Crippen molar-refractivity contribution in [2.24, 2.45) is 0 Å². The number of hydrogen-bond acceptors (Lipinski definition) is 7. The number of unbranched alkanes of at least 4 members (excludes halogenated alkanes) is 7. The second-order valence-corrected chi connectivity index (χ2v) is 14.3. The van der Waals surface area contributed by atoms with Crippen molar-refractivity contribution in [3.8, 4) is 0 Å². The van der Waals surface area contributed by atoms with Gasteiger partial charge in [0.15, 0.2) is 6.10 Å². The SMILES string of the molecule is CC/C=C/C=C/C=C/C=C/C=C/C=C/CCCCCC(=O)OC(COCCC(C(=O)[O-])[N+](C)(C)C)COC(=O)CCCCCC/C=C/C/C=C/C/C=C/CC. The van der Waals surface area contributed by atoms with E-state index in [0.717, 1.165) is 77.0 Å². The minimum atomic E-state index is -1.14. The van der Waals surface area contributed by atoms with Crippen LogP contribution in [0.3, 0.4) is 0 Å². The number of esters is 2. The minimum absolute atomic E-state index is 0.00657. The van der Waals surface area contributed by atoms with Gasteiger partial charge < -0.3 is 28.6 Å². The van der Waals surface area contributed by atoms with E-state index < -0.39 is 18.1 Å². The van der Waals surface area contributed by atoms with Crippen LogP contribution in [0.5, 0.6) is 0 Å². The summed E-state index contributed by atoms with van der Waals surface area (Å²) in [6.45, 7) is 4.29. The van der Waals surface area contributed by atoms with E-state index in [1.54, 1.807) is 21.1 Å². The van der Waals surface area contributed by atoms with Gasteiger partial charge in [-0.15, -0.1) is 0 Å². The Morgan fingerprint density at radius 2 is 1.05 bits per heavy atom. The Balaban J connectivity index is 4.56. The predicted molar refractivity (Wildman–Crippen MR) is 226 cm³/mol. The standard InChI is InChI=1S/C47H73NO7/c1-6-8-10-12-14-16-18-20-22-23-24-26-28-30-32-34-36-38-46(50)55-43(41-53-40-39-44(47(51)52)48(3,4)5)42-54-45(49)37-35-33-31-29-27-25-21-19-17-15-13-11-9-7-2/h8-12,14-18,20-26,28,43-44H,6-7,13,19,27,29-42H2,1-5H3/b10-8+,11-9+,14-12+,17-15+,18-16+,22-20+,24-23+,25-21+,28-26+. The molecule has 0 aliphatic heterocycles. The molecule has 0 heterocycles. The average Bonchev–Trinajstić information content (AvgIpc) is 3.14. The smallest absolute Gasteiger partial charge is 0.306 e. The normalized spacial score (nSPS) is 14.1. The van der Waals surface area contributed by atoms with Crippen LogP contribution in [0, 0.1) is 0 Å². The van der Waals surface area contributed by atoms with Gasteiger partial charge >= 0.3 is 11.9 Å². The molecule has 308 valence electrons. The van der Waals surface area contributed by atoms with Gasteiger partial charge in [-0.25, -0.2) is 0 Å². The molecule has 0 aliphatic carbocycles. The molecule has 0 spiro atoms. The lowest BCUT2D eigenvalue weighted by atomic mass is 10.1. The number of ether oxygens (including phenoxy) is 3. The summed E-state index contributed by atoms with van der Waals surface area (Å²) in [4.78, 5) is 36.8. The maximum atomic E-state index is 12.7. The lowest BCUT2D eigenvalue weighted by Gasteiger charge is -2.34. The Bertz CT molecular complexity index is 1260. The number of quaternary nitrogens is 1. The highest BCUT2D eigenvalue weighted by molar-refractivity contribution is 5.70. The highest BCUT2D eigenvalue weighted by Crippen LogP contribution is 2.11. The van der Waals surface area contributed by atoms with E-state index >= 15 is 0 Å². The van der Waals surface area contributed by atoms with Gasteiger partial charge in [0.1, 0.15) is 12.6 Å². The Kier molecular flexibility index (Phi) is 34.2. The number of carboxylic acid groups (broad SMARTS) is 1. The summed E-state index contributed by atoms with van der Waals surface area (Å²) in [6, 6.07) is -0.745. The van der Waals surface area contributed by atoms with Crippen molar-refractivity contribution in [1.82, 2.24) is 0 Å². The minimum Gasteiger partial charge on any atom is -0.544 e. The van der Waals surface area contributed by atoms with E-state index in [-0.39, 0.29) is 49.1 Å². The first-order valence-electron chi connectivity index (χ1n) is 20.5. The van der Waals surface area contributed by atoms with Gasteiger partial charge in [-0.1, -0.05) is 142 Å². The van der Waals surface area contributed by atoms with Gasteiger partial charge in [0.05, 0.1) is 40.3 Å². The van der Waals surface area contributed by atoms with Gasteiger partial charge in [0.25, 0.3) is 0 Å². The molecule has 0 saturated heterocycles. The molecular formula is C47H73NO7. The first-order chi connectivity index (χ1) is 26.6. The van der Waals surface area contributed by atoms with E-state index in [9.17, 15) is 19.5 Å². The molecule has 0 aromatic carbocycles. The lowest BCUT2D eigenvalue weighted by molar-refractivity contribution is -0.889. The molecule has 55 heavy (non-hydrogen) atoms. The predicted octanol–water partition coefficient (Wildman–Crippen LogP) is 9.57. The molecule has 2 unspecified atom stereocenters. The molecule has 2 atom stereocenters. The summed E-state index contributed by atoms with van der Waals surface area (Å²) < 4.78 is 17.0. The van der Waals surface area contributed by atoms with Crippen LogP contribution in [0.15, 0.2) is 109 Å². The molecule has 8 nitrogen and oxygen atoms in total. The second-order valence-electron chi connectivity index (χ2n) is 14.3. The molecule has 0 aliphatic rings. The third kappa shape index (κ3) is 35.4. The van der Waals surface area contributed by atoms with Crippen molar-refractivity contribution < 1.29 is 38.2 Å². The maximum Gasteiger partial charge on any atom is 0.306 e. The summed E-state index contributed by atoms with van der Waals surface area (Å²) in [6.07, 6.45) is 49.7. The van der Waals surface area contributed by atoms with Crippen molar-refractivity contribution in [3.63, 3.8) is 0 Å². The molecular weight excluding hydrogens is 691 g/mol. The molecule has 0 fully saturated rings. The highest BCUT2D eigenvalue weighted by atomic mass is 16.6. The number of carbonyl (C=O) groups excluding carboxylic acids is 3. The zero-order valence-corrected chi connectivity index (χ0v) is 34.8. The van der Waals surface area contributed by atoms with Gasteiger partial charge in [-0.2, -0.15) is 0 Å². The Morgan fingerprint density at radius 3 is 1.64 bits per heavy atom. The van der Waals surface area contributed by atoms with E-state index in [1.165, 1.54) is 0 Å². The van der Waals surface area contributed by atoms with Crippen LogP contribution < -0.4 is 5.11 Å². The number of aliphatic carboxylic acids is 1. The number of likely N-dealkylation sites (N-methyl/N-ethyl adjacent to an activating group) is 1. The summed E-state index contributed by atoms with van der Waals surface area (Å²) in [5.74, 6) is -1.84. The Hall–Kier alpha value is -4.01. The Labute approximate surface area is 334 Å². The van der Waals surface area contributed by atoms with Crippen LogP contribution in [0.4, 0.5) is 0 Å². The topological polar surface area (TPSA) is 102 Å². The number of rotatable bonds is 34. The van der Waals surface area contributed by atoms with E-state index in [0.29, 0.717) is 12.8 Å². The number of allylic oxidation sites excluding steroid dienone is 18. The zero-order valence-electron chi connectivity index (χ0n) is 34.8. The second kappa shape index (κ2) is 36.9. The van der Waals surface area contributed by atoms with Crippen molar-refractivity contribution in [3.05, 3.63) is 109 Å². The maximum absolute atomic E-state index is 12.7. The first-order valence-corrected chi connectivity index (χ1v) is 20.5. The van der Waals surface area contributed by atoms with Gasteiger partial charge in [-0.05, 0) is 64.2 Å². The van der Waals surface area contributed by atoms with Crippen LogP contribution in [0.25, 0.3) is 0 Å². The molecule has 0 N–H and O–H groups in total. The fourth-order valence-corrected chi connectivity index (χ4v) is 5.17. The van der Waals surface area contributed by atoms with E-state index in [4.69, 9.17) is 14.2 Å². The molecule has 8 heteroatoms. The lowest BCUT2D eigenvalue weighted by Crippen LogP contribution is -2.55. The first kappa shape index (κ1) is 51.0. The monoisotopic (exact) mass is 764 g/mol. The molecule has 0 rings (SSSR count). The quantitative estimate of drug-likeness (QED) is 0.0212. The molecule has 0 bridgehead atoms. The third-order valence-electron chi connectivity index (χ3n) is 8.32. The summed E-state index contributed by atoms with van der Waals surface area (Å²) >= 11 is 0. The van der Waals surface area contributed by atoms with Crippen molar-refractivity contribution >= 4 is 17.9 Å².